The minimum Gasteiger partial charge on any atom is -0.316 e. The van der Waals surface area contributed by atoms with Crippen molar-refractivity contribution < 1.29 is 16.8 Å². The molecule has 126 valence electrons. The third-order valence-electron chi connectivity index (χ3n) is 4.26. The largest absolute Gasteiger partial charge is 0.316 e. The molecule has 0 bridgehead atoms. The van der Waals surface area contributed by atoms with Crippen LogP contribution >= 0.6 is 0 Å². The molecule has 0 spiro atoms. The van der Waals surface area contributed by atoms with Crippen LogP contribution in [0.25, 0.3) is 0 Å². The second-order valence-electron chi connectivity index (χ2n) is 6.33. The third-order valence-corrected chi connectivity index (χ3v) is 8.29. The number of rotatable bonds is 9. The maximum atomic E-state index is 12.0. The van der Waals surface area contributed by atoms with Crippen LogP contribution in [0.1, 0.15) is 40.0 Å². The Kier molecular flexibility index (Phi) is 7.13. The summed E-state index contributed by atoms with van der Waals surface area (Å²) in [6.45, 7) is 7.05. The lowest BCUT2D eigenvalue weighted by Gasteiger charge is -2.23. The Bertz CT molecular complexity index is 511. The Labute approximate surface area is 129 Å². The standard InChI is InChI=1S/C14H29NO4S2/c1-4-7-15-10-13(6-9-21(18,19)12(2)3)14-5-8-20(16,17)11-14/h12-15H,4-11H2,1-3H3. The van der Waals surface area contributed by atoms with E-state index in [4.69, 9.17) is 0 Å². The average molecular weight is 340 g/mol. The number of hydrogen-bond donors (Lipinski definition) is 1. The Morgan fingerprint density at radius 1 is 1.29 bits per heavy atom. The van der Waals surface area contributed by atoms with E-state index in [-0.39, 0.29) is 34.3 Å². The highest BCUT2D eigenvalue weighted by molar-refractivity contribution is 7.92. The van der Waals surface area contributed by atoms with Crippen LogP contribution in [0, 0.1) is 11.8 Å². The quantitative estimate of drug-likeness (QED) is 0.640. The van der Waals surface area contributed by atoms with E-state index in [0.717, 1.165) is 13.0 Å². The molecule has 0 aromatic carbocycles. The van der Waals surface area contributed by atoms with E-state index in [1.54, 1.807) is 13.8 Å². The topological polar surface area (TPSA) is 80.3 Å². The molecule has 2 unspecified atom stereocenters. The van der Waals surface area contributed by atoms with E-state index in [9.17, 15) is 16.8 Å². The predicted molar refractivity (Wildman–Crippen MR) is 87.0 cm³/mol. The molecule has 0 saturated carbocycles. The highest BCUT2D eigenvalue weighted by Gasteiger charge is 2.34. The Morgan fingerprint density at radius 2 is 1.95 bits per heavy atom. The SMILES string of the molecule is CCCNCC(CCS(=O)(=O)C(C)C)C1CCS(=O)(=O)C1. The molecule has 1 fully saturated rings. The van der Waals surface area contributed by atoms with Crippen molar-refractivity contribution in [2.45, 2.75) is 45.3 Å². The molecule has 1 aliphatic rings. The van der Waals surface area contributed by atoms with Crippen LogP contribution in [0.4, 0.5) is 0 Å². The molecule has 0 amide bonds. The van der Waals surface area contributed by atoms with Gasteiger partial charge in [0.05, 0.1) is 22.5 Å². The first-order valence-corrected chi connectivity index (χ1v) is 11.3. The van der Waals surface area contributed by atoms with Gasteiger partial charge in [0.25, 0.3) is 0 Å². The van der Waals surface area contributed by atoms with Crippen molar-refractivity contribution in [2.24, 2.45) is 11.8 Å². The monoisotopic (exact) mass is 339 g/mol. The number of nitrogens with one attached hydrogen (secondary N) is 1. The molecule has 1 saturated heterocycles. The van der Waals surface area contributed by atoms with Crippen molar-refractivity contribution in [1.82, 2.24) is 5.32 Å². The van der Waals surface area contributed by atoms with Gasteiger partial charge in [-0.2, -0.15) is 0 Å². The van der Waals surface area contributed by atoms with Crippen molar-refractivity contribution in [3.8, 4) is 0 Å². The van der Waals surface area contributed by atoms with E-state index in [1.807, 2.05) is 0 Å². The van der Waals surface area contributed by atoms with Gasteiger partial charge in [0.1, 0.15) is 0 Å². The molecule has 5 nitrogen and oxygen atoms in total. The summed E-state index contributed by atoms with van der Waals surface area (Å²) in [5.74, 6) is 0.843. The molecular weight excluding hydrogens is 310 g/mol. The second kappa shape index (κ2) is 7.92. The van der Waals surface area contributed by atoms with Gasteiger partial charge in [0.2, 0.25) is 0 Å². The smallest absolute Gasteiger partial charge is 0.152 e. The molecule has 0 aromatic rings. The molecule has 7 heteroatoms. The fourth-order valence-corrected chi connectivity index (χ4v) is 5.74. The molecule has 2 atom stereocenters. The van der Waals surface area contributed by atoms with Gasteiger partial charge in [0, 0.05) is 0 Å². The highest BCUT2D eigenvalue weighted by atomic mass is 32.2. The molecule has 21 heavy (non-hydrogen) atoms. The van der Waals surface area contributed by atoms with Crippen LogP contribution in [0.5, 0.6) is 0 Å². The van der Waals surface area contributed by atoms with E-state index in [1.165, 1.54) is 0 Å². The zero-order valence-corrected chi connectivity index (χ0v) is 15.0. The summed E-state index contributed by atoms with van der Waals surface area (Å²) < 4.78 is 47.2. The van der Waals surface area contributed by atoms with Crippen molar-refractivity contribution in [3.63, 3.8) is 0 Å². The summed E-state index contributed by atoms with van der Waals surface area (Å²) in [4.78, 5) is 0. The van der Waals surface area contributed by atoms with Crippen molar-refractivity contribution in [3.05, 3.63) is 0 Å². The minimum atomic E-state index is -3.06. The summed E-state index contributed by atoms with van der Waals surface area (Å²) in [6, 6.07) is 0. The fourth-order valence-electron chi connectivity index (χ4n) is 2.72. The minimum absolute atomic E-state index is 0.0988. The molecule has 1 rings (SSSR count). The zero-order valence-electron chi connectivity index (χ0n) is 13.3. The highest BCUT2D eigenvalue weighted by Crippen LogP contribution is 2.28. The van der Waals surface area contributed by atoms with Crippen LogP contribution < -0.4 is 5.32 Å². The number of sulfone groups is 2. The Hall–Kier alpha value is -0.140. The summed E-state index contributed by atoms with van der Waals surface area (Å²) in [5.41, 5.74) is 0. The first-order valence-electron chi connectivity index (χ1n) is 7.80. The maximum absolute atomic E-state index is 12.0. The summed E-state index contributed by atoms with van der Waals surface area (Å²) in [7, 11) is -5.98. The lowest BCUT2D eigenvalue weighted by atomic mass is 9.89. The molecular formula is C14H29NO4S2. The molecule has 0 aliphatic carbocycles. The van der Waals surface area contributed by atoms with Crippen LogP contribution in [0.15, 0.2) is 0 Å². The van der Waals surface area contributed by atoms with Crippen LogP contribution in [-0.4, -0.2) is 52.4 Å². The second-order valence-corrected chi connectivity index (χ2v) is 11.2. The van der Waals surface area contributed by atoms with Crippen LogP contribution in [-0.2, 0) is 19.7 Å². The summed E-state index contributed by atoms with van der Waals surface area (Å²) in [5, 5.41) is 2.95. The van der Waals surface area contributed by atoms with Crippen molar-refractivity contribution in [2.75, 3.05) is 30.3 Å². The third kappa shape index (κ3) is 6.24. The molecule has 0 radical (unpaired) electrons. The van der Waals surface area contributed by atoms with E-state index < -0.39 is 19.7 Å². The average Bonchev–Trinajstić information content (AvgIpc) is 2.73. The maximum Gasteiger partial charge on any atom is 0.152 e. The molecule has 1 N–H and O–H groups in total. The van der Waals surface area contributed by atoms with Gasteiger partial charge in [-0.1, -0.05) is 6.92 Å². The van der Waals surface area contributed by atoms with Crippen molar-refractivity contribution in [1.29, 1.82) is 0 Å². The van der Waals surface area contributed by atoms with Gasteiger partial charge in [-0.05, 0) is 58.0 Å². The first-order chi connectivity index (χ1) is 9.68. The fraction of sp³-hybridized carbons (Fsp3) is 1.00. The summed E-state index contributed by atoms with van der Waals surface area (Å²) in [6.07, 6.45) is 2.24. The lowest BCUT2D eigenvalue weighted by Crippen LogP contribution is -2.32. The molecule has 1 aliphatic heterocycles. The Morgan fingerprint density at radius 3 is 2.43 bits per heavy atom. The predicted octanol–water partition coefficient (Wildman–Crippen LogP) is 1.25. The normalized spacial score (nSPS) is 23.5. The van der Waals surface area contributed by atoms with Gasteiger partial charge >= 0.3 is 0 Å². The lowest BCUT2D eigenvalue weighted by molar-refractivity contribution is 0.336. The summed E-state index contributed by atoms with van der Waals surface area (Å²) >= 11 is 0. The van der Waals surface area contributed by atoms with Crippen LogP contribution in [0.3, 0.4) is 0 Å². The molecule has 1 heterocycles. The van der Waals surface area contributed by atoms with Crippen LogP contribution in [0.2, 0.25) is 0 Å². The zero-order chi connectivity index (χ0) is 16.1. The van der Waals surface area contributed by atoms with Gasteiger partial charge in [-0.25, -0.2) is 16.8 Å². The van der Waals surface area contributed by atoms with E-state index in [2.05, 4.69) is 12.2 Å². The van der Waals surface area contributed by atoms with Crippen molar-refractivity contribution >= 4 is 19.7 Å². The van der Waals surface area contributed by atoms with Gasteiger partial charge < -0.3 is 5.32 Å². The van der Waals surface area contributed by atoms with Gasteiger partial charge in [-0.3, -0.25) is 0 Å². The Balaban J connectivity index is 2.65. The molecule has 0 aromatic heterocycles. The first kappa shape index (κ1) is 18.9. The van der Waals surface area contributed by atoms with E-state index in [0.29, 0.717) is 19.4 Å². The van der Waals surface area contributed by atoms with Gasteiger partial charge in [-0.15, -0.1) is 0 Å². The van der Waals surface area contributed by atoms with Gasteiger partial charge in [0.15, 0.2) is 19.7 Å². The number of hydrogen-bond acceptors (Lipinski definition) is 5. The van der Waals surface area contributed by atoms with E-state index >= 15 is 0 Å².